The molecule has 2 aromatic heterocycles. The Kier molecular flexibility index (Phi) is 2.84. The molecule has 0 amide bonds. The first-order chi connectivity index (χ1) is 9.15. The molecule has 3 heteroatoms. The minimum atomic E-state index is -0.327. The average molecular weight is 252 g/mol. The Bertz CT molecular complexity index is 730. The first-order valence-corrected chi connectivity index (χ1v) is 6.32. The molecule has 3 rings (SSSR count). The van der Waals surface area contributed by atoms with Gasteiger partial charge in [-0.2, -0.15) is 0 Å². The Morgan fingerprint density at radius 3 is 2.74 bits per heavy atom. The van der Waals surface area contributed by atoms with E-state index in [2.05, 4.69) is 4.98 Å². The van der Waals surface area contributed by atoms with Gasteiger partial charge in [-0.1, -0.05) is 18.2 Å². The summed E-state index contributed by atoms with van der Waals surface area (Å²) in [6.07, 6.45) is 1.78. The second-order valence-corrected chi connectivity index (χ2v) is 4.88. The van der Waals surface area contributed by atoms with Crippen LogP contribution < -0.4 is 5.73 Å². The normalized spacial score (nSPS) is 12.8. The number of aryl methyl sites for hydroxylation is 2. The molecule has 1 unspecified atom stereocenters. The van der Waals surface area contributed by atoms with E-state index in [1.807, 2.05) is 50.2 Å². The van der Waals surface area contributed by atoms with E-state index >= 15 is 0 Å². The van der Waals surface area contributed by atoms with Crippen LogP contribution in [0.2, 0.25) is 0 Å². The lowest BCUT2D eigenvalue weighted by atomic mass is 10.1. The van der Waals surface area contributed by atoms with Crippen LogP contribution in [0.4, 0.5) is 0 Å². The number of fused-ring (bicyclic) bond motifs is 1. The lowest BCUT2D eigenvalue weighted by Gasteiger charge is -2.08. The molecule has 0 radical (unpaired) electrons. The smallest absolute Gasteiger partial charge is 0.137 e. The molecule has 2 heterocycles. The van der Waals surface area contributed by atoms with Crippen molar-refractivity contribution in [3.05, 3.63) is 65.2 Å². The summed E-state index contributed by atoms with van der Waals surface area (Å²) in [6.45, 7) is 4.06. The molecule has 96 valence electrons. The number of para-hydroxylation sites is 1. The molecule has 1 atom stereocenters. The Balaban J connectivity index is 2.06. The second kappa shape index (κ2) is 4.52. The molecule has 0 spiro atoms. The van der Waals surface area contributed by atoms with Crippen LogP contribution in [0.15, 0.2) is 47.0 Å². The highest BCUT2D eigenvalue weighted by Gasteiger charge is 2.16. The zero-order valence-electron chi connectivity index (χ0n) is 11.1. The highest BCUT2D eigenvalue weighted by molar-refractivity contribution is 5.81. The topological polar surface area (TPSA) is 52.0 Å². The van der Waals surface area contributed by atoms with Crippen molar-refractivity contribution in [1.29, 1.82) is 0 Å². The predicted molar refractivity (Wildman–Crippen MR) is 76.0 cm³/mol. The van der Waals surface area contributed by atoms with E-state index in [0.717, 1.165) is 33.6 Å². The van der Waals surface area contributed by atoms with Crippen molar-refractivity contribution in [3.63, 3.8) is 0 Å². The maximum Gasteiger partial charge on any atom is 0.137 e. The SMILES string of the molecule is Cc1ccnc(C(N)c2cc3cccc(C)c3o2)c1. The molecule has 1 aromatic carbocycles. The number of pyridine rings is 1. The summed E-state index contributed by atoms with van der Waals surface area (Å²) >= 11 is 0. The van der Waals surface area contributed by atoms with Crippen molar-refractivity contribution in [1.82, 2.24) is 4.98 Å². The minimum absolute atomic E-state index is 0.327. The highest BCUT2D eigenvalue weighted by Crippen LogP contribution is 2.27. The van der Waals surface area contributed by atoms with E-state index in [0.29, 0.717) is 0 Å². The molecule has 0 aliphatic carbocycles. The third-order valence-electron chi connectivity index (χ3n) is 3.32. The monoisotopic (exact) mass is 252 g/mol. The van der Waals surface area contributed by atoms with Crippen LogP contribution in [-0.4, -0.2) is 4.98 Å². The number of hydrogen-bond acceptors (Lipinski definition) is 3. The van der Waals surface area contributed by atoms with Gasteiger partial charge in [0.1, 0.15) is 17.4 Å². The zero-order valence-corrected chi connectivity index (χ0v) is 11.1. The number of aromatic nitrogens is 1. The first kappa shape index (κ1) is 11.9. The van der Waals surface area contributed by atoms with E-state index in [1.165, 1.54) is 0 Å². The van der Waals surface area contributed by atoms with Crippen molar-refractivity contribution in [2.45, 2.75) is 19.9 Å². The van der Waals surface area contributed by atoms with Crippen LogP contribution in [-0.2, 0) is 0 Å². The van der Waals surface area contributed by atoms with Crippen LogP contribution in [0.25, 0.3) is 11.0 Å². The molecule has 2 N–H and O–H groups in total. The van der Waals surface area contributed by atoms with Crippen LogP contribution in [0.1, 0.15) is 28.6 Å². The molecule has 0 fully saturated rings. The molecule has 0 saturated carbocycles. The Labute approximate surface area is 112 Å². The molecular formula is C16H16N2O. The summed E-state index contributed by atoms with van der Waals surface area (Å²) in [5.41, 5.74) is 10.2. The van der Waals surface area contributed by atoms with Crippen LogP contribution in [0, 0.1) is 13.8 Å². The standard InChI is InChI=1S/C16H16N2O/c1-10-6-7-18-13(8-10)15(17)14-9-12-5-3-4-11(2)16(12)19-14/h3-9,15H,17H2,1-2H3. The van der Waals surface area contributed by atoms with Crippen molar-refractivity contribution < 1.29 is 4.42 Å². The average Bonchev–Trinajstić information content (AvgIpc) is 2.83. The fourth-order valence-electron chi connectivity index (χ4n) is 2.26. The Morgan fingerprint density at radius 1 is 1.16 bits per heavy atom. The summed E-state index contributed by atoms with van der Waals surface area (Å²) in [5.74, 6) is 0.752. The first-order valence-electron chi connectivity index (χ1n) is 6.32. The molecule has 0 aliphatic heterocycles. The van der Waals surface area contributed by atoms with E-state index < -0.39 is 0 Å². The Morgan fingerprint density at radius 2 is 2.00 bits per heavy atom. The summed E-state index contributed by atoms with van der Waals surface area (Å²) in [4.78, 5) is 4.32. The molecule has 0 saturated heterocycles. The number of nitrogens with two attached hydrogens (primary N) is 1. The van der Waals surface area contributed by atoms with Gasteiger partial charge in [-0.3, -0.25) is 4.98 Å². The predicted octanol–water partition coefficient (Wildman–Crippen LogP) is 3.49. The second-order valence-electron chi connectivity index (χ2n) is 4.88. The zero-order chi connectivity index (χ0) is 13.4. The van der Waals surface area contributed by atoms with Crippen LogP contribution >= 0.6 is 0 Å². The van der Waals surface area contributed by atoms with Crippen LogP contribution in [0.3, 0.4) is 0 Å². The van der Waals surface area contributed by atoms with Crippen LogP contribution in [0.5, 0.6) is 0 Å². The van der Waals surface area contributed by atoms with E-state index in [4.69, 9.17) is 10.2 Å². The van der Waals surface area contributed by atoms with Gasteiger partial charge in [-0.15, -0.1) is 0 Å². The molecular weight excluding hydrogens is 236 g/mol. The van der Waals surface area contributed by atoms with E-state index in [-0.39, 0.29) is 6.04 Å². The number of nitrogens with zero attached hydrogens (tertiary/aromatic N) is 1. The molecule has 19 heavy (non-hydrogen) atoms. The lowest BCUT2D eigenvalue weighted by molar-refractivity contribution is 0.519. The summed E-state index contributed by atoms with van der Waals surface area (Å²) in [7, 11) is 0. The van der Waals surface area contributed by atoms with Gasteiger partial charge in [0.2, 0.25) is 0 Å². The van der Waals surface area contributed by atoms with Crippen molar-refractivity contribution in [2.75, 3.05) is 0 Å². The molecule has 3 aromatic rings. The lowest BCUT2D eigenvalue weighted by Crippen LogP contribution is -2.12. The number of hydrogen-bond donors (Lipinski definition) is 1. The number of benzene rings is 1. The van der Waals surface area contributed by atoms with Crippen molar-refractivity contribution in [3.8, 4) is 0 Å². The number of rotatable bonds is 2. The van der Waals surface area contributed by atoms with E-state index in [9.17, 15) is 0 Å². The summed E-state index contributed by atoms with van der Waals surface area (Å²) in [6, 6.07) is 11.7. The Hall–Kier alpha value is -2.13. The van der Waals surface area contributed by atoms with Gasteiger partial charge < -0.3 is 10.2 Å². The quantitative estimate of drug-likeness (QED) is 0.759. The largest absolute Gasteiger partial charge is 0.459 e. The van der Waals surface area contributed by atoms with Crippen molar-refractivity contribution in [2.24, 2.45) is 5.73 Å². The van der Waals surface area contributed by atoms with Gasteiger partial charge in [-0.25, -0.2) is 0 Å². The fourth-order valence-corrected chi connectivity index (χ4v) is 2.26. The number of furan rings is 1. The van der Waals surface area contributed by atoms with Gasteiger partial charge >= 0.3 is 0 Å². The van der Waals surface area contributed by atoms with Gasteiger partial charge in [0, 0.05) is 11.6 Å². The minimum Gasteiger partial charge on any atom is -0.459 e. The molecule has 0 bridgehead atoms. The van der Waals surface area contributed by atoms with Crippen molar-refractivity contribution >= 4 is 11.0 Å². The molecule has 0 aliphatic rings. The summed E-state index contributed by atoms with van der Waals surface area (Å²) < 4.78 is 5.89. The third kappa shape index (κ3) is 2.13. The van der Waals surface area contributed by atoms with Gasteiger partial charge in [0.05, 0.1) is 5.69 Å². The van der Waals surface area contributed by atoms with E-state index in [1.54, 1.807) is 6.20 Å². The maximum absolute atomic E-state index is 6.24. The third-order valence-corrected chi connectivity index (χ3v) is 3.32. The fraction of sp³-hybridized carbons (Fsp3) is 0.188. The van der Waals surface area contributed by atoms with Gasteiger partial charge in [-0.05, 0) is 43.2 Å². The maximum atomic E-state index is 6.24. The van der Waals surface area contributed by atoms with Gasteiger partial charge in [0.15, 0.2) is 0 Å². The summed E-state index contributed by atoms with van der Waals surface area (Å²) in [5, 5.41) is 1.08. The highest BCUT2D eigenvalue weighted by atomic mass is 16.3. The van der Waals surface area contributed by atoms with Gasteiger partial charge in [0.25, 0.3) is 0 Å². The molecule has 3 nitrogen and oxygen atoms in total.